The molecule has 3 aromatic rings. The summed E-state index contributed by atoms with van der Waals surface area (Å²) in [6.07, 6.45) is 0. The lowest BCUT2D eigenvalue weighted by molar-refractivity contribution is 0.0930. The number of rotatable bonds is 4. The van der Waals surface area contributed by atoms with Crippen LogP contribution in [0.1, 0.15) is 40.5 Å². The number of H-pyrrole nitrogens is 1. The van der Waals surface area contributed by atoms with Crippen molar-refractivity contribution in [2.75, 3.05) is 7.11 Å². The van der Waals surface area contributed by atoms with Gasteiger partial charge in [-0.25, -0.2) is 0 Å². The summed E-state index contributed by atoms with van der Waals surface area (Å²) in [4.78, 5) is 12.2. The summed E-state index contributed by atoms with van der Waals surface area (Å²) in [5.41, 5.74) is 2.58. The minimum absolute atomic E-state index is 0.285. The molecule has 120 valence electrons. The van der Waals surface area contributed by atoms with E-state index in [1.54, 1.807) is 14.0 Å². The number of carbonyl (C=O) groups excluding carboxylic acids is 1. The lowest BCUT2D eigenvalue weighted by Gasteiger charge is -2.11. The van der Waals surface area contributed by atoms with Gasteiger partial charge in [0.2, 0.25) is 0 Å². The molecule has 2 aromatic heterocycles. The highest BCUT2D eigenvalue weighted by Crippen LogP contribution is 2.31. The van der Waals surface area contributed by atoms with Crippen LogP contribution in [0.2, 0.25) is 0 Å². The summed E-state index contributed by atoms with van der Waals surface area (Å²) in [5, 5.41) is 14.0. The number of aromatic amines is 1. The molecule has 0 aliphatic heterocycles. The molecule has 1 amide bonds. The van der Waals surface area contributed by atoms with Crippen molar-refractivity contribution in [3.05, 3.63) is 40.9 Å². The molecule has 2 N–H and O–H groups in total. The Hall–Kier alpha value is -2.83. The molecule has 0 saturated carbocycles. The normalized spacial score (nSPS) is 12.3. The van der Waals surface area contributed by atoms with Gasteiger partial charge in [-0.05, 0) is 39.0 Å². The molecule has 1 atom stereocenters. The molecule has 1 unspecified atom stereocenters. The standard InChI is InChI=1S/C16H18N4O3/c1-8-12-7-11(22-4)5-6-13(12)23-15(8)10(3)17-16(21)14-9(2)18-20-19-14/h5-7,10H,1-4H3,(H,17,21)(H,18,19,20). The molecule has 7 nitrogen and oxygen atoms in total. The van der Waals surface area contributed by atoms with Crippen molar-refractivity contribution in [2.24, 2.45) is 0 Å². The number of aromatic nitrogens is 3. The topological polar surface area (TPSA) is 93.0 Å². The van der Waals surface area contributed by atoms with Crippen molar-refractivity contribution in [1.82, 2.24) is 20.7 Å². The van der Waals surface area contributed by atoms with Gasteiger partial charge in [-0.3, -0.25) is 4.79 Å². The first-order valence-corrected chi connectivity index (χ1v) is 7.26. The number of hydrogen-bond donors (Lipinski definition) is 2. The molecule has 0 bridgehead atoms. The predicted octanol–water partition coefficient (Wildman–Crippen LogP) is 2.67. The molecule has 0 aliphatic carbocycles. The number of amides is 1. The van der Waals surface area contributed by atoms with Gasteiger partial charge in [0, 0.05) is 10.9 Å². The van der Waals surface area contributed by atoms with Crippen molar-refractivity contribution in [2.45, 2.75) is 26.8 Å². The number of benzene rings is 1. The highest BCUT2D eigenvalue weighted by molar-refractivity contribution is 5.93. The van der Waals surface area contributed by atoms with Crippen molar-refractivity contribution >= 4 is 16.9 Å². The molecule has 23 heavy (non-hydrogen) atoms. The second-order valence-corrected chi connectivity index (χ2v) is 5.41. The third-order valence-electron chi connectivity index (χ3n) is 3.86. The number of nitrogens with zero attached hydrogens (tertiary/aromatic N) is 2. The highest BCUT2D eigenvalue weighted by Gasteiger charge is 2.21. The molecular formula is C16H18N4O3. The minimum atomic E-state index is -0.294. The summed E-state index contributed by atoms with van der Waals surface area (Å²) in [7, 11) is 1.63. The molecule has 0 aliphatic rings. The monoisotopic (exact) mass is 314 g/mol. The number of ether oxygens (including phenoxy) is 1. The van der Waals surface area contributed by atoms with E-state index in [-0.39, 0.29) is 17.6 Å². The van der Waals surface area contributed by atoms with Crippen LogP contribution in [-0.2, 0) is 0 Å². The number of aryl methyl sites for hydroxylation is 2. The van der Waals surface area contributed by atoms with E-state index in [0.717, 1.165) is 22.3 Å². The maximum atomic E-state index is 12.2. The highest BCUT2D eigenvalue weighted by atomic mass is 16.5. The Bertz CT molecular complexity index is 865. The quantitative estimate of drug-likeness (QED) is 0.772. The summed E-state index contributed by atoms with van der Waals surface area (Å²) in [5.74, 6) is 1.19. The Labute approximate surface area is 133 Å². The molecular weight excluding hydrogens is 296 g/mol. The Morgan fingerprint density at radius 1 is 1.35 bits per heavy atom. The number of methoxy groups -OCH3 is 1. The van der Waals surface area contributed by atoms with Crippen molar-refractivity contribution < 1.29 is 13.9 Å². The lowest BCUT2D eigenvalue weighted by Crippen LogP contribution is -2.27. The van der Waals surface area contributed by atoms with E-state index in [0.29, 0.717) is 11.5 Å². The SMILES string of the molecule is COc1ccc2oc(C(C)NC(=O)c3n[nH]nc3C)c(C)c2c1. The van der Waals surface area contributed by atoms with Gasteiger partial charge in [0.05, 0.1) is 18.8 Å². The third-order valence-corrected chi connectivity index (χ3v) is 3.86. The largest absolute Gasteiger partial charge is 0.497 e. The summed E-state index contributed by atoms with van der Waals surface area (Å²) in [6, 6.07) is 5.34. The van der Waals surface area contributed by atoms with Gasteiger partial charge >= 0.3 is 0 Å². The Kier molecular flexibility index (Phi) is 3.77. The van der Waals surface area contributed by atoms with E-state index in [1.165, 1.54) is 0 Å². The average molecular weight is 314 g/mol. The van der Waals surface area contributed by atoms with Crippen LogP contribution in [0.5, 0.6) is 5.75 Å². The molecule has 0 spiro atoms. The molecule has 0 fully saturated rings. The van der Waals surface area contributed by atoms with Crippen molar-refractivity contribution in [3.8, 4) is 5.75 Å². The predicted molar refractivity (Wildman–Crippen MR) is 84.5 cm³/mol. The van der Waals surface area contributed by atoms with Gasteiger partial charge < -0.3 is 14.5 Å². The third kappa shape index (κ3) is 2.65. The van der Waals surface area contributed by atoms with Gasteiger partial charge in [0.15, 0.2) is 5.69 Å². The first-order chi connectivity index (χ1) is 11.0. The van der Waals surface area contributed by atoms with Crippen LogP contribution in [0.15, 0.2) is 22.6 Å². The van der Waals surface area contributed by atoms with Crippen LogP contribution >= 0.6 is 0 Å². The fourth-order valence-electron chi connectivity index (χ4n) is 2.59. The summed E-state index contributed by atoms with van der Waals surface area (Å²) >= 11 is 0. The van der Waals surface area contributed by atoms with E-state index in [2.05, 4.69) is 20.7 Å². The molecule has 3 rings (SSSR count). The van der Waals surface area contributed by atoms with Gasteiger partial charge in [-0.15, -0.1) is 0 Å². The van der Waals surface area contributed by atoms with Crippen LogP contribution in [-0.4, -0.2) is 28.4 Å². The number of nitrogens with one attached hydrogen (secondary N) is 2. The molecule has 0 saturated heterocycles. The van der Waals surface area contributed by atoms with E-state index in [1.807, 2.05) is 32.0 Å². The molecule has 0 radical (unpaired) electrons. The van der Waals surface area contributed by atoms with Gasteiger partial charge in [-0.2, -0.15) is 15.4 Å². The average Bonchev–Trinajstić information content (AvgIpc) is 3.11. The zero-order valence-electron chi connectivity index (χ0n) is 13.4. The number of furan rings is 1. The van der Waals surface area contributed by atoms with Crippen molar-refractivity contribution in [1.29, 1.82) is 0 Å². The second kappa shape index (κ2) is 5.75. The molecule has 7 heteroatoms. The van der Waals surface area contributed by atoms with Crippen LogP contribution < -0.4 is 10.1 Å². The number of carbonyl (C=O) groups is 1. The van der Waals surface area contributed by atoms with Crippen LogP contribution in [0.3, 0.4) is 0 Å². The Morgan fingerprint density at radius 2 is 2.13 bits per heavy atom. The number of fused-ring (bicyclic) bond motifs is 1. The van der Waals surface area contributed by atoms with E-state index in [9.17, 15) is 4.79 Å². The number of hydrogen-bond acceptors (Lipinski definition) is 5. The van der Waals surface area contributed by atoms with E-state index >= 15 is 0 Å². The smallest absolute Gasteiger partial charge is 0.274 e. The fourth-order valence-corrected chi connectivity index (χ4v) is 2.59. The Morgan fingerprint density at radius 3 is 2.78 bits per heavy atom. The minimum Gasteiger partial charge on any atom is -0.497 e. The fraction of sp³-hybridized carbons (Fsp3) is 0.312. The summed E-state index contributed by atoms with van der Waals surface area (Å²) < 4.78 is 11.1. The maximum Gasteiger partial charge on any atom is 0.274 e. The van der Waals surface area contributed by atoms with Crippen molar-refractivity contribution in [3.63, 3.8) is 0 Å². The van der Waals surface area contributed by atoms with Crippen LogP contribution in [0, 0.1) is 13.8 Å². The van der Waals surface area contributed by atoms with Gasteiger partial charge in [0.1, 0.15) is 17.1 Å². The summed E-state index contributed by atoms with van der Waals surface area (Å²) in [6.45, 7) is 5.56. The zero-order chi connectivity index (χ0) is 16.6. The maximum absolute atomic E-state index is 12.2. The first kappa shape index (κ1) is 15.1. The molecule has 2 heterocycles. The second-order valence-electron chi connectivity index (χ2n) is 5.41. The van der Waals surface area contributed by atoms with Crippen LogP contribution in [0.4, 0.5) is 0 Å². The van der Waals surface area contributed by atoms with E-state index < -0.39 is 0 Å². The van der Waals surface area contributed by atoms with Gasteiger partial charge in [0.25, 0.3) is 5.91 Å². The lowest BCUT2D eigenvalue weighted by atomic mass is 10.1. The molecule has 1 aromatic carbocycles. The zero-order valence-corrected chi connectivity index (χ0v) is 13.4. The van der Waals surface area contributed by atoms with Crippen LogP contribution in [0.25, 0.3) is 11.0 Å². The Balaban J connectivity index is 1.89. The van der Waals surface area contributed by atoms with Gasteiger partial charge in [-0.1, -0.05) is 0 Å². The van der Waals surface area contributed by atoms with E-state index in [4.69, 9.17) is 9.15 Å². The first-order valence-electron chi connectivity index (χ1n) is 7.26.